The molecule has 0 bridgehead atoms. The van der Waals surface area contributed by atoms with E-state index in [9.17, 15) is 20.2 Å². The van der Waals surface area contributed by atoms with E-state index in [1.165, 1.54) is 0 Å². The SMILES string of the molecule is NC(=[NH2+])C([N+](=O)[O-])[N+](=O)[O-]. The van der Waals surface area contributed by atoms with Gasteiger partial charge >= 0.3 is 12.0 Å². The lowest BCUT2D eigenvalue weighted by atomic mass is 10.5. The molecule has 0 radical (unpaired) electrons. The van der Waals surface area contributed by atoms with Crippen LogP contribution in [0.25, 0.3) is 0 Å². The van der Waals surface area contributed by atoms with E-state index in [1.54, 1.807) is 0 Å². The molecule has 0 rings (SSSR count). The van der Waals surface area contributed by atoms with Crippen LogP contribution in [0.5, 0.6) is 0 Å². The van der Waals surface area contributed by atoms with Gasteiger partial charge in [-0.15, -0.1) is 0 Å². The van der Waals surface area contributed by atoms with Crippen LogP contribution in [0.2, 0.25) is 0 Å². The topological polar surface area (TPSA) is 138 Å². The summed E-state index contributed by atoms with van der Waals surface area (Å²) in [5, 5.41) is 24.2. The van der Waals surface area contributed by atoms with Gasteiger partial charge in [0.2, 0.25) is 0 Å². The molecule has 0 fully saturated rings. The third-order valence-corrected chi connectivity index (χ3v) is 0.698. The standard InChI is InChI=1S/C2H4N4O4/c3-1(4)2(5(7)8)6(9)10/h2H,(H3,3,4)/p+1. The second-order valence-corrected chi connectivity index (χ2v) is 1.44. The summed E-state index contributed by atoms with van der Waals surface area (Å²) >= 11 is 0. The van der Waals surface area contributed by atoms with Gasteiger partial charge in [-0.3, -0.25) is 31.4 Å². The Morgan fingerprint density at radius 3 is 1.70 bits per heavy atom. The average Bonchev–Trinajstić information content (AvgIpc) is 1.59. The maximum Gasteiger partial charge on any atom is 0.546 e. The minimum absolute atomic E-state index is 0.824. The van der Waals surface area contributed by atoms with Gasteiger partial charge in [-0.2, -0.15) is 0 Å². The molecule has 0 heterocycles. The quantitative estimate of drug-likeness (QED) is 0.144. The molecule has 0 aromatic carbocycles. The monoisotopic (exact) mass is 149 g/mol. The summed E-state index contributed by atoms with van der Waals surface area (Å²) in [5.41, 5.74) is 4.65. The van der Waals surface area contributed by atoms with Gasteiger partial charge in [0.25, 0.3) is 0 Å². The normalized spacial score (nSPS) is 9.30. The van der Waals surface area contributed by atoms with E-state index >= 15 is 0 Å². The number of hydrogen-bond acceptors (Lipinski definition) is 4. The van der Waals surface area contributed by atoms with Gasteiger partial charge in [0, 0.05) is 0 Å². The molecule has 0 aliphatic carbocycles. The summed E-state index contributed by atoms with van der Waals surface area (Å²) in [7, 11) is 0. The minimum Gasteiger partial charge on any atom is -0.279 e. The van der Waals surface area contributed by atoms with Crippen molar-refractivity contribution in [2.24, 2.45) is 5.73 Å². The Hall–Kier alpha value is -1.73. The number of rotatable bonds is 3. The Kier molecular flexibility index (Phi) is 2.24. The van der Waals surface area contributed by atoms with Crippen molar-refractivity contribution >= 4 is 5.84 Å². The highest BCUT2D eigenvalue weighted by Crippen LogP contribution is 1.86. The van der Waals surface area contributed by atoms with Crippen molar-refractivity contribution < 1.29 is 15.3 Å². The second-order valence-electron chi connectivity index (χ2n) is 1.44. The van der Waals surface area contributed by atoms with Crippen molar-refractivity contribution in [3.05, 3.63) is 20.2 Å². The van der Waals surface area contributed by atoms with Crippen LogP contribution in [0.4, 0.5) is 0 Å². The fourth-order valence-corrected chi connectivity index (χ4v) is 0.320. The van der Waals surface area contributed by atoms with Gasteiger partial charge in [-0.1, -0.05) is 0 Å². The zero-order valence-corrected chi connectivity index (χ0v) is 4.76. The van der Waals surface area contributed by atoms with Crippen molar-refractivity contribution in [1.29, 1.82) is 0 Å². The Labute approximate surface area is 54.4 Å². The highest BCUT2D eigenvalue weighted by molar-refractivity contribution is 5.76. The highest BCUT2D eigenvalue weighted by atomic mass is 16.7. The summed E-state index contributed by atoms with van der Waals surface area (Å²) < 4.78 is 0. The van der Waals surface area contributed by atoms with E-state index < -0.39 is 21.8 Å². The zero-order chi connectivity index (χ0) is 8.31. The zero-order valence-electron chi connectivity index (χ0n) is 4.76. The molecule has 8 heteroatoms. The number of hydrogen-bond donors (Lipinski definition) is 2. The first-order valence-corrected chi connectivity index (χ1v) is 2.11. The molecule has 0 spiro atoms. The van der Waals surface area contributed by atoms with Crippen molar-refractivity contribution in [2.75, 3.05) is 0 Å². The van der Waals surface area contributed by atoms with Gasteiger partial charge < -0.3 is 0 Å². The van der Waals surface area contributed by atoms with Crippen LogP contribution in [-0.4, -0.2) is 21.8 Å². The van der Waals surface area contributed by atoms with Gasteiger partial charge in [-0.05, 0) is 0 Å². The first-order valence-electron chi connectivity index (χ1n) is 2.11. The number of nitrogens with two attached hydrogens (primary N) is 2. The van der Waals surface area contributed by atoms with Gasteiger partial charge in [0.05, 0.1) is 0 Å². The van der Waals surface area contributed by atoms with E-state index in [1.807, 2.05) is 0 Å². The van der Waals surface area contributed by atoms with Crippen LogP contribution in [0, 0.1) is 20.2 Å². The molecule has 0 saturated heterocycles. The van der Waals surface area contributed by atoms with Crippen LogP contribution in [-0.2, 0) is 0 Å². The van der Waals surface area contributed by atoms with E-state index in [0.717, 1.165) is 0 Å². The lowest BCUT2D eigenvalue weighted by molar-refractivity contribution is -0.723. The molecule has 0 aromatic rings. The fourth-order valence-electron chi connectivity index (χ4n) is 0.320. The van der Waals surface area contributed by atoms with E-state index in [2.05, 4.69) is 11.1 Å². The van der Waals surface area contributed by atoms with Crippen LogP contribution < -0.4 is 11.1 Å². The largest absolute Gasteiger partial charge is 0.546 e. The van der Waals surface area contributed by atoms with Crippen LogP contribution >= 0.6 is 0 Å². The fraction of sp³-hybridized carbons (Fsp3) is 0.500. The van der Waals surface area contributed by atoms with Crippen LogP contribution in [0.3, 0.4) is 0 Å². The number of nitrogens with zero attached hydrogens (tertiary/aromatic N) is 2. The lowest BCUT2D eigenvalue weighted by Gasteiger charge is -1.92. The lowest BCUT2D eigenvalue weighted by Crippen LogP contribution is -2.57. The maximum absolute atomic E-state index is 9.77. The Bertz CT molecular complexity index is 154. The first kappa shape index (κ1) is 8.27. The predicted octanol–water partition coefficient (Wildman–Crippen LogP) is -3.02. The average molecular weight is 149 g/mol. The summed E-state index contributed by atoms with van der Waals surface area (Å²) in [6.07, 6.45) is -2.19. The van der Waals surface area contributed by atoms with E-state index in [0.29, 0.717) is 0 Å². The van der Waals surface area contributed by atoms with Crippen molar-refractivity contribution in [3.8, 4) is 0 Å². The molecule has 10 heavy (non-hydrogen) atoms. The van der Waals surface area contributed by atoms with E-state index in [4.69, 9.17) is 0 Å². The van der Waals surface area contributed by atoms with E-state index in [-0.39, 0.29) is 0 Å². The molecular weight excluding hydrogens is 144 g/mol. The maximum atomic E-state index is 9.77. The second kappa shape index (κ2) is 2.71. The summed E-state index contributed by atoms with van der Waals surface area (Å²) in [4.78, 5) is 17.2. The Morgan fingerprint density at radius 1 is 1.40 bits per heavy atom. The van der Waals surface area contributed by atoms with Crippen molar-refractivity contribution in [1.82, 2.24) is 0 Å². The van der Waals surface area contributed by atoms with Gasteiger partial charge in [0.15, 0.2) is 0 Å². The Morgan fingerprint density at radius 2 is 1.70 bits per heavy atom. The summed E-state index contributed by atoms with van der Waals surface area (Å²) in [6.45, 7) is 0. The number of nitro groups is 2. The highest BCUT2D eigenvalue weighted by Gasteiger charge is 2.40. The molecule has 0 amide bonds. The van der Waals surface area contributed by atoms with Crippen LogP contribution in [0.15, 0.2) is 0 Å². The molecular formula is C2H5N4O4+. The molecule has 0 unspecified atom stereocenters. The molecule has 0 aromatic heterocycles. The minimum atomic E-state index is -2.19. The summed E-state index contributed by atoms with van der Waals surface area (Å²) in [5.74, 6) is -0.824. The first-order chi connectivity index (χ1) is 4.46. The molecule has 8 nitrogen and oxygen atoms in total. The van der Waals surface area contributed by atoms with Crippen molar-refractivity contribution in [2.45, 2.75) is 6.17 Å². The van der Waals surface area contributed by atoms with Crippen LogP contribution in [0.1, 0.15) is 0 Å². The third kappa shape index (κ3) is 1.65. The third-order valence-electron chi connectivity index (χ3n) is 0.698. The van der Waals surface area contributed by atoms with Gasteiger partial charge in [-0.25, -0.2) is 0 Å². The van der Waals surface area contributed by atoms with Crippen molar-refractivity contribution in [3.63, 3.8) is 0 Å². The molecule has 0 aliphatic rings. The summed E-state index contributed by atoms with van der Waals surface area (Å²) in [6, 6.07) is 0. The molecule has 56 valence electrons. The molecule has 0 saturated carbocycles. The smallest absolute Gasteiger partial charge is 0.279 e. The molecule has 0 aliphatic heterocycles. The predicted molar refractivity (Wildman–Crippen MR) is 28.9 cm³/mol. The number of amidine groups is 1. The molecule has 4 N–H and O–H groups in total. The Balaban J connectivity index is 4.43. The molecule has 0 atom stereocenters. The van der Waals surface area contributed by atoms with Gasteiger partial charge in [0.1, 0.15) is 9.85 Å².